The van der Waals surface area contributed by atoms with Crippen LogP contribution in [-0.2, 0) is 21.3 Å². The lowest BCUT2D eigenvalue weighted by Gasteiger charge is -2.22. The molecule has 0 unspecified atom stereocenters. The van der Waals surface area contributed by atoms with Crippen LogP contribution in [0.15, 0.2) is 72.3 Å². The number of aromatic nitrogens is 4. The van der Waals surface area contributed by atoms with Crippen molar-refractivity contribution in [1.29, 1.82) is 0 Å². The Morgan fingerprint density at radius 3 is 2.44 bits per heavy atom. The number of nitrogens with zero attached hydrogens (tertiary/aromatic N) is 4. The summed E-state index contributed by atoms with van der Waals surface area (Å²) >= 11 is 0. The van der Waals surface area contributed by atoms with Crippen LogP contribution in [0.2, 0.25) is 0 Å². The van der Waals surface area contributed by atoms with Gasteiger partial charge in [0.15, 0.2) is 23.1 Å². The normalized spacial score (nSPS) is 11.4. The minimum Gasteiger partial charge on any atom is -0.493 e. The number of sulfonamides is 1. The molecule has 39 heavy (non-hydrogen) atoms. The van der Waals surface area contributed by atoms with Gasteiger partial charge in [0.05, 0.1) is 31.6 Å². The monoisotopic (exact) mass is 551 g/mol. The number of benzene rings is 2. The van der Waals surface area contributed by atoms with Gasteiger partial charge in [-0.3, -0.25) is 4.84 Å². The highest BCUT2D eigenvalue weighted by molar-refractivity contribution is 7.89. The van der Waals surface area contributed by atoms with Crippen LogP contribution in [0.4, 0.5) is 0 Å². The number of para-hydroxylation sites is 2. The van der Waals surface area contributed by atoms with Gasteiger partial charge in [0.2, 0.25) is 0 Å². The minimum atomic E-state index is -4.42. The Morgan fingerprint density at radius 1 is 1.00 bits per heavy atom. The lowest BCUT2D eigenvalue weighted by atomic mass is 9.95. The molecule has 0 aliphatic heterocycles. The molecule has 0 amide bonds. The number of ether oxygens (including phenoxy) is 2. The second-order valence-electron chi connectivity index (χ2n) is 8.30. The highest BCUT2D eigenvalue weighted by Crippen LogP contribution is 2.46. The predicted molar refractivity (Wildman–Crippen MR) is 144 cm³/mol. The van der Waals surface area contributed by atoms with Crippen molar-refractivity contribution in [2.24, 2.45) is 0 Å². The summed E-state index contributed by atoms with van der Waals surface area (Å²) in [7, 11) is -2.93. The first-order chi connectivity index (χ1) is 19.0. The van der Waals surface area contributed by atoms with Crippen LogP contribution in [0, 0.1) is 0 Å². The quantitative estimate of drug-likeness (QED) is 0.185. The van der Waals surface area contributed by atoms with E-state index in [2.05, 4.69) is 24.8 Å². The van der Waals surface area contributed by atoms with E-state index in [-0.39, 0.29) is 35.4 Å². The maximum absolute atomic E-state index is 14.0. The summed E-state index contributed by atoms with van der Waals surface area (Å²) in [4.78, 5) is 24.1. The van der Waals surface area contributed by atoms with Crippen LogP contribution in [0.5, 0.6) is 17.2 Å². The molecular formula is C27H29N5O6S. The number of nitrogens with one attached hydrogen (secondary N) is 1. The molecule has 2 heterocycles. The van der Waals surface area contributed by atoms with Crippen molar-refractivity contribution < 1.29 is 27.8 Å². The van der Waals surface area contributed by atoms with Crippen molar-refractivity contribution in [3.8, 4) is 39.9 Å². The van der Waals surface area contributed by atoms with Gasteiger partial charge >= 0.3 is 0 Å². The third kappa shape index (κ3) is 6.55. The number of aryl methyl sites for hydroxylation is 1. The number of hydrogen-bond donors (Lipinski definition) is 2. The zero-order valence-electron chi connectivity index (χ0n) is 21.6. The van der Waals surface area contributed by atoms with E-state index in [0.29, 0.717) is 34.6 Å². The van der Waals surface area contributed by atoms with Crippen LogP contribution in [-0.4, -0.2) is 53.8 Å². The van der Waals surface area contributed by atoms with E-state index in [1.165, 1.54) is 19.6 Å². The molecule has 0 fully saturated rings. The molecule has 2 aromatic heterocycles. The number of methoxy groups -OCH3 is 1. The minimum absolute atomic E-state index is 0.0420. The molecule has 0 aliphatic rings. The van der Waals surface area contributed by atoms with Crippen molar-refractivity contribution in [3.05, 3.63) is 72.9 Å². The van der Waals surface area contributed by atoms with Crippen molar-refractivity contribution in [1.82, 2.24) is 24.8 Å². The lowest BCUT2D eigenvalue weighted by Crippen LogP contribution is -2.27. The average Bonchev–Trinajstić information content (AvgIpc) is 2.97. The van der Waals surface area contributed by atoms with E-state index in [1.54, 1.807) is 48.8 Å². The summed E-state index contributed by atoms with van der Waals surface area (Å²) in [6.07, 6.45) is 8.22. The number of aliphatic hydroxyl groups is 1. The molecule has 4 aromatic rings. The first-order valence-corrected chi connectivity index (χ1v) is 13.8. The van der Waals surface area contributed by atoms with E-state index < -0.39 is 10.0 Å². The summed E-state index contributed by atoms with van der Waals surface area (Å²) in [6.45, 7) is 1.41. The lowest BCUT2D eigenvalue weighted by molar-refractivity contribution is 0.0601. The Bertz CT molecular complexity index is 1490. The zero-order valence-corrected chi connectivity index (χ0v) is 22.4. The maximum Gasteiger partial charge on any atom is 0.266 e. The van der Waals surface area contributed by atoms with Crippen LogP contribution in [0.3, 0.4) is 0 Å². The molecule has 0 saturated heterocycles. The van der Waals surface area contributed by atoms with Crippen molar-refractivity contribution >= 4 is 10.0 Å². The third-order valence-corrected chi connectivity index (χ3v) is 6.94. The van der Waals surface area contributed by atoms with Crippen LogP contribution >= 0.6 is 0 Å². The Labute approximate surface area is 226 Å². The van der Waals surface area contributed by atoms with E-state index in [1.807, 2.05) is 13.0 Å². The molecule has 4 rings (SSSR count). The second kappa shape index (κ2) is 13.2. The van der Waals surface area contributed by atoms with Crippen LogP contribution in [0.25, 0.3) is 22.6 Å². The highest BCUT2D eigenvalue weighted by Gasteiger charge is 2.32. The first kappa shape index (κ1) is 28.0. The van der Waals surface area contributed by atoms with Gasteiger partial charge in [-0.15, -0.1) is 0 Å². The van der Waals surface area contributed by atoms with Crippen LogP contribution in [0.1, 0.15) is 25.3 Å². The molecule has 12 heteroatoms. The summed E-state index contributed by atoms with van der Waals surface area (Å²) in [6, 6.07) is 12.0. The number of aliphatic hydroxyl groups excluding tert-OH is 1. The largest absolute Gasteiger partial charge is 0.493 e. The van der Waals surface area contributed by atoms with E-state index >= 15 is 0 Å². The summed E-state index contributed by atoms with van der Waals surface area (Å²) < 4.78 is 39.8. The Morgan fingerprint density at radius 2 is 1.77 bits per heavy atom. The molecule has 0 aliphatic carbocycles. The highest BCUT2D eigenvalue weighted by atomic mass is 32.2. The molecular weight excluding hydrogens is 522 g/mol. The van der Waals surface area contributed by atoms with Crippen molar-refractivity contribution in [2.45, 2.75) is 31.1 Å². The fraction of sp³-hybridized carbons (Fsp3) is 0.259. The van der Waals surface area contributed by atoms with Gasteiger partial charge in [-0.2, -0.15) is 0 Å². The molecule has 0 radical (unpaired) electrons. The van der Waals surface area contributed by atoms with Gasteiger partial charge < -0.3 is 14.6 Å². The SMILES string of the molecule is CCCCc1cc(-c2ncccn2)c(Oc2ccccc2OC)c(S(=O)(=O)NOCCO)c1-c1ccncn1. The summed E-state index contributed by atoms with van der Waals surface area (Å²) in [5.41, 5.74) is 1.76. The fourth-order valence-corrected chi connectivity index (χ4v) is 5.18. The number of hydrogen-bond acceptors (Lipinski definition) is 10. The molecule has 204 valence electrons. The predicted octanol–water partition coefficient (Wildman–Crippen LogP) is 3.95. The smallest absolute Gasteiger partial charge is 0.266 e. The van der Waals surface area contributed by atoms with Gasteiger partial charge in [0.1, 0.15) is 11.2 Å². The van der Waals surface area contributed by atoms with Crippen molar-refractivity contribution in [3.63, 3.8) is 0 Å². The van der Waals surface area contributed by atoms with E-state index in [0.717, 1.165) is 12.8 Å². The number of rotatable bonds is 13. The molecule has 0 spiro atoms. The van der Waals surface area contributed by atoms with E-state index in [9.17, 15) is 13.5 Å². The maximum atomic E-state index is 14.0. The molecule has 0 atom stereocenters. The number of unbranched alkanes of at least 4 members (excludes halogenated alkanes) is 1. The van der Waals surface area contributed by atoms with Gasteiger partial charge in [-0.1, -0.05) is 30.4 Å². The first-order valence-electron chi connectivity index (χ1n) is 12.3. The molecule has 2 aromatic carbocycles. The fourth-order valence-electron chi connectivity index (χ4n) is 3.96. The van der Waals surface area contributed by atoms with Crippen molar-refractivity contribution in [2.75, 3.05) is 20.3 Å². The molecule has 11 nitrogen and oxygen atoms in total. The topological polar surface area (TPSA) is 146 Å². The van der Waals surface area contributed by atoms with Gasteiger partial charge in [0.25, 0.3) is 10.0 Å². The standard InChI is InChI=1S/C27H29N5O6S/c1-3-4-8-19-17-20(27-29-12-7-13-30-27)25(38-23-10-6-5-9-22(23)36-2)26(39(34,35)32-37-16-15-33)24(19)21-11-14-28-18-31-21/h5-7,9-14,17-18,32-33H,3-4,8,15-16H2,1-2H3. The van der Waals surface area contributed by atoms with Crippen LogP contribution < -0.4 is 14.4 Å². The summed E-state index contributed by atoms with van der Waals surface area (Å²) in [5.74, 6) is 0.894. The Kier molecular flexibility index (Phi) is 9.49. The molecule has 2 N–H and O–H groups in total. The average molecular weight is 552 g/mol. The van der Waals surface area contributed by atoms with Gasteiger partial charge in [-0.05, 0) is 48.7 Å². The Hall–Kier alpha value is -3.97. The molecule has 0 bridgehead atoms. The van der Waals surface area contributed by atoms with Gasteiger partial charge in [0, 0.05) is 24.2 Å². The molecule has 0 saturated carbocycles. The summed E-state index contributed by atoms with van der Waals surface area (Å²) in [5, 5.41) is 9.18. The third-order valence-electron chi connectivity index (χ3n) is 5.67. The zero-order chi connectivity index (χ0) is 27.7. The van der Waals surface area contributed by atoms with Gasteiger partial charge in [-0.25, -0.2) is 28.4 Å². The second-order valence-corrected chi connectivity index (χ2v) is 9.88. The Balaban J connectivity index is 2.11. The van der Waals surface area contributed by atoms with E-state index in [4.69, 9.17) is 14.3 Å².